The second-order valence-electron chi connectivity index (χ2n) is 2.71. The molecule has 1 aromatic carbocycles. The molecule has 0 aliphatic rings. The van der Waals surface area contributed by atoms with Crippen LogP contribution in [0.1, 0.15) is 37.5 Å². The van der Waals surface area contributed by atoms with Crippen LogP contribution in [-0.2, 0) is 6.42 Å². The Kier molecular flexibility index (Phi) is 5.44. The van der Waals surface area contributed by atoms with Crippen LogP contribution in [0.25, 0.3) is 0 Å². The molecule has 0 radical (unpaired) electrons. The van der Waals surface area contributed by atoms with E-state index in [0.29, 0.717) is 0 Å². The van der Waals surface area contributed by atoms with E-state index in [-0.39, 0.29) is 0 Å². The first kappa shape index (κ1) is 11.2. The normalized spacial score (nSPS) is 8.75. The van der Waals surface area contributed by atoms with E-state index in [4.69, 9.17) is 0 Å². The van der Waals surface area contributed by atoms with E-state index in [9.17, 15) is 0 Å². The lowest BCUT2D eigenvalue weighted by Crippen LogP contribution is -1.88. The summed E-state index contributed by atoms with van der Waals surface area (Å²) in [5.74, 6) is 0. The van der Waals surface area contributed by atoms with Crippen molar-refractivity contribution in [2.24, 2.45) is 0 Å². The van der Waals surface area contributed by atoms with Crippen LogP contribution in [0.15, 0.2) is 18.2 Å². The van der Waals surface area contributed by atoms with Gasteiger partial charge in [-0.2, -0.15) is 0 Å². The Hall–Kier alpha value is -0.780. The fraction of sp³-hybridized carbons (Fsp3) is 0.500. The van der Waals surface area contributed by atoms with Crippen LogP contribution < -0.4 is 0 Å². The van der Waals surface area contributed by atoms with Crippen LogP contribution in [0, 0.1) is 13.8 Å². The van der Waals surface area contributed by atoms with Crippen molar-refractivity contribution in [1.29, 1.82) is 0 Å². The monoisotopic (exact) mass is 164 g/mol. The Morgan fingerprint density at radius 2 is 1.67 bits per heavy atom. The van der Waals surface area contributed by atoms with Crippen molar-refractivity contribution < 1.29 is 0 Å². The highest BCUT2D eigenvalue weighted by molar-refractivity contribution is 5.32. The summed E-state index contributed by atoms with van der Waals surface area (Å²) in [7, 11) is 0. The molecule has 0 nitrogen and oxygen atoms in total. The minimum absolute atomic E-state index is 1.15. The Bertz CT molecular complexity index is 223. The summed E-state index contributed by atoms with van der Waals surface area (Å²) in [6, 6.07) is 6.48. The molecular weight excluding hydrogens is 144 g/mol. The van der Waals surface area contributed by atoms with E-state index < -0.39 is 0 Å². The summed E-state index contributed by atoms with van der Waals surface area (Å²) in [5.41, 5.74) is 4.32. The van der Waals surface area contributed by atoms with Gasteiger partial charge in [0.25, 0.3) is 0 Å². The van der Waals surface area contributed by atoms with Gasteiger partial charge in [-0.15, -0.1) is 0 Å². The molecule has 0 unspecified atom stereocenters. The van der Waals surface area contributed by atoms with Gasteiger partial charge in [0, 0.05) is 0 Å². The van der Waals surface area contributed by atoms with Gasteiger partial charge in [0.1, 0.15) is 0 Å². The average molecular weight is 164 g/mol. The van der Waals surface area contributed by atoms with Gasteiger partial charge in [0.15, 0.2) is 0 Å². The Morgan fingerprint density at radius 1 is 1.08 bits per heavy atom. The lowest BCUT2D eigenvalue weighted by molar-refractivity contribution is 1.09. The third-order valence-electron chi connectivity index (χ3n) is 2.10. The molecule has 0 heteroatoms. The van der Waals surface area contributed by atoms with Crippen LogP contribution >= 0.6 is 0 Å². The van der Waals surface area contributed by atoms with E-state index in [1.807, 2.05) is 13.8 Å². The van der Waals surface area contributed by atoms with Crippen molar-refractivity contribution in [3.63, 3.8) is 0 Å². The lowest BCUT2D eigenvalue weighted by Gasteiger charge is -2.04. The highest BCUT2D eigenvalue weighted by atomic mass is 14.0. The molecule has 1 aromatic rings. The highest BCUT2D eigenvalue weighted by Crippen LogP contribution is 2.12. The van der Waals surface area contributed by atoms with Gasteiger partial charge in [-0.25, -0.2) is 0 Å². The molecule has 0 N–H and O–H groups in total. The first-order valence-electron chi connectivity index (χ1n) is 4.80. The van der Waals surface area contributed by atoms with Crippen molar-refractivity contribution in [3.8, 4) is 0 Å². The van der Waals surface area contributed by atoms with E-state index in [0.717, 1.165) is 6.42 Å². The molecular formula is C12H20. The predicted octanol–water partition coefficient (Wildman–Crippen LogP) is 3.89. The van der Waals surface area contributed by atoms with E-state index in [1.165, 1.54) is 16.7 Å². The Balaban J connectivity index is 0.000000561. The van der Waals surface area contributed by atoms with Gasteiger partial charge in [-0.3, -0.25) is 0 Å². The zero-order chi connectivity index (χ0) is 9.56. The first-order valence-corrected chi connectivity index (χ1v) is 4.80. The maximum absolute atomic E-state index is 2.20. The van der Waals surface area contributed by atoms with Crippen LogP contribution in [0.4, 0.5) is 0 Å². The van der Waals surface area contributed by atoms with Crippen LogP contribution in [0.3, 0.4) is 0 Å². The molecule has 1 rings (SSSR count). The molecule has 0 atom stereocenters. The van der Waals surface area contributed by atoms with E-state index in [2.05, 4.69) is 39.0 Å². The summed E-state index contributed by atoms with van der Waals surface area (Å²) in [6.07, 6.45) is 1.15. The zero-order valence-corrected chi connectivity index (χ0v) is 8.94. The molecule has 0 saturated heterocycles. The molecule has 0 bridgehead atoms. The third-order valence-corrected chi connectivity index (χ3v) is 2.10. The van der Waals surface area contributed by atoms with Crippen molar-refractivity contribution >= 4 is 0 Å². The van der Waals surface area contributed by atoms with Crippen LogP contribution in [0.2, 0.25) is 0 Å². The number of hydrogen-bond acceptors (Lipinski definition) is 0. The topological polar surface area (TPSA) is 0 Å². The second-order valence-corrected chi connectivity index (χ2v) is 2.71. The van der Waals surface area contributed by atoms with Crippen molar-refractivity contribution in [1.82, 2.24) is 0 Å². The Labute approximate surface area is 76.6 Å². The van der Waals surface area contributed by atoms with Crippen molar-refractivity contribution in [2.75, 3.05) is 0 Å². The molecule has 0 heterocycles. The number of aryl methyl sites for hydroxylation is 2. The van der Waals surface area contributed by atoms with Crippen LogP contribution in [-0.4, -0.2) is 0 Å². The molecule has 0 fully saturated rings. The second kappa shape index (κ2) is 5.82. The smallest absolute Gasteiger partial charge is 0.0305 e. The number of hydrogen-bond donors (Lipinski definition) is 0. The molecule has 12 heavy (non-hydrogen) atoms. The summed E-state index contributed by atoms with van der Waals surface area (Å²) >= 11 is 0. The quantitative estimate of drug-likeness (QED) is 0.590. The van der Waals surface area contributed by atoms with Gasteiger partial charge in [0.05, 0.1) is 0 Å². The standard InChI is InChI=1S/C10H14.C2H6/c1-4-10-7-5-6-8(2)9(10)3;1-2/h5-7H,4H2,1-3H3;1-2H3. The molecule has 0 saturated carbocycles. The van der Waals surface area contributed by atoms with Crippen LogP contribution in [0.5, 0.6) is 0 Å². The summed E-state index contributed by atoms with van der Waals surface area (Å²) in [5, 5.41) is 0. The van der Waals surface area contributed by atoms with E-state index in [1.54, 1.807) is 0 Å². The van der Waals surface area contributed by atoms with Gasteiger partial charge in [0.2, 0.25) is 0 Å². The van der Waals surface area contributed by atoms with E-state index >= 15 is 0 Å². The van der Waals surface area contributed by atoms with Gasteiger partial charge in [-0.05, 0) is 37.0 Å². The highest BCUT2D eigenvalue weighted by Gasteiger charge is 1.95. The molecule has 68 valence electrons. The zero-order valence-electron chi connectivity index (χ0n) is 8.94. The minimum Gasteiger partial charge on any atom is -0.0683 e. The molecule has 0 aromatic heterocycles. The van der Waals surface area contributed by atoms with Gasteiger partial charge >= 0.3 is 0 Å². The summed E-state index contributed by atoms with van der Waals surface area (Å²) in [4.78, 5) is 0. The molecule has 0 amide bonds. The predicted molar refractivity (Wildman–Crippen MR) is 56.6 cm³/mol. The first-order chi connectivity index (χ1) is 5.75. The average Bonchev–Trinajstić information content (AvgIpc) is 2.13. The third kappa shape index (κ3) is 2.69. The number of benzene rings is 1. The van der Waals surface area contributed by atoms with Crippen molar-refractivity contribution in [2.45, 2.75) is 41.0 Å². The summed E-state index contributed by atoms with van der Waals surface area (Å²) in [6.45, 7) is 10.5. The SMILES string of the molecule is CC.CCc1cccc(C)c1C. The number of rotatable bonds is 1. The van der Waals surface area contributed by atoms with Gasteiger partial charge < -0.3 is 0 Å². The molecule has 0 spiro atoms. The Morgan fingerprint density at radius 3 is 2.08 bits per heavy atom. The minimum atomic E-state index is 1.15. The lowest BCUT2D eigenvalue weighted by atomic mass is 10.0. The summed E-state index contributed by atoms with van der Waals surface area (Å²) < 4.78 is 0. The fourth-order valence-corrected chi connectivity index (χ4v) is 1.19. The maximum Gasteiger partial charge on any atom is -0.0305 e. The van der Waals surface area contributed by atoms with Gasteiger partial charge in [-0.1, -0.05) is 39.0 Å². The van der Waals surface area contributed by atoms with Crippen molar-refractivity contribution in [3.05, 3.63) is 34.9 Å². The maximum atomic E-state index is 2.20. The largest absolute Gasteiger partial charge is 0.0683 e. The fourth-order valence-electron chi connectivity index (χ4n) is 1.19. The molecule has 0 aliphatic carbocycles. The molecule has 0 aliphatic heterocycles.